The number of rotatable bonds is 7. The Morgan fingerprint density at radius 3 is 2.78 bits per heavy atom. The summed E-state index contributed by atoms with van der Waals surface area (Å²) in [7, 11) is 0. The van der Waals surface area contributed by atoms with Gasteiger partial charge in [0.2, 0.25) is 5.91 Å². The summed E-state index contributed by atoms with van der Waals surface area (Å²) in [6.45, 7) is 1.82. The van der Waals surface area contributed by atoms with Crippen LogP contribution in [0.4, 0.5) is 0 Å². The maximum absolute atomic E-state index is 11.4. The lowest BCUT2D eigenvalue weighted by Gasteiger charge is -2.22. The number of thiophene rings is 1. The van der Waals surface area contributed by atoms with E-state index in [0.717, 1.165) is 64.5 Å². The highest BCUT2D eigenvalue weighted by Crippen LogP contribution is 2.34. The fraction of sp³-hybridized carbons (Fsp3) is 0.214. The number of nitrogens with one attached hydrogen (secondary N) is 1. The van der Waals surface area contributed by atoms with Gasteiger partial charge in [0, 0.05) is 46.8 Å². The van der Waals surface area contributed by atoms with Crippen LogP contribution in [-0.4, -0.2) is 43.0 Å². The van der Waals surface area contributed by atoms with E-state index in [-0.39, 0.29) is 11.9 Å². The number of primary amides is 1. The van der Waals surface area contributed by atoms with E-state index in [9.17, 15) is 4.79 Å². The average molecular weight is 508 g/mol. The van der Waals surface area contributed by atoms with Gasteiger partial charge < -0.3 is 5.73 Å². The predicted molar refractivity (Wildman–Crippen MR) is 143 cm³/mol. The van der Waals surface area contributed by atoms with Crippen LogP contribution in [0.5, 0.6) is 0 Å². The van der Waals surface area contributed by atoms with Crippen LogP contribution in [0.3, 0.4) is 0 Å². The Morgan fingerprint density at radius 1 is 1.14 bits per heavy atom. The average Bonchev–Trinajstić information content (AvgIpc) is 3.71. The molecular weight excluding hydrogens is 482 g/mol. The van der Waals surface area contributed by atoms with E-state index in [4.69, 9.17) is 11.0 Å². The summed E-state index contributed by atoms with van der Waals surface area (Å²) in [5.41, 5.74) is 11.9. The number of nitrogens with zero attached hydrogens (tertiary/aromatic N) is 5. The number of nitriles is 1. The number of nitrogens with two attached hydrogens (primary N) is 1. The molecule has 1 atom stereocenters. The van der Waals surface area contributed by atoms with Crippen LogP contribution in [0.15, 0.2) is 67.1 Å². The smallest absolute Gasteiger partial charge is 0.218 e. The normalized spacial score (nSPS) is 15.8. The Balaban J connectivity index is 1.29. The van der Waals surface area contributed by atoms with Crippen molar-refractivity contribution in [2.75, 3.05) is 6.54 Å². The van der Waals surface area contributed by atoms with Crippen LogP contribution in [0.2, 0.25) is 0 Å². The molecule has 1 unspecified atom stereocenters. The van der Waals surface area contributed by atoms with Gasteiger partial charge in [-0.2, -0.15) is 10.4 Å². The summed E-state index contributed by atoms with van der Waals surface area (Å²) in [5.74, 6) is -0.231. The van der Waals surface area contributed by atoms with E-state index in [1.54, 1.807) is 11.3 Å². The molecule has 0 spiro atoms. The molecule has 1 saturated heterocycles. The summed E-state index contributed by atoms with van der Waals surface area (Å²) in [6.07, 6.45) is 8.38. The summed E-state index contributed by atoms with van der Waals surface area (Å²) in [6, 6.07) is 18.3. The molecular formula is C28H25N7OS. The molecule has 1 aromatic carbocycles. The molecule has 9 heteroatoms. The van der Waals surface area contributed by atoms with Crippen LogP contribution in [0.1, 0.15) is 29.7 Å². The molecule has 1 aliphatic rings. The summed E-state index contributed by atoms with van der Waals surface area (Å²) in [4.78, 5) is 20.9. The maximum Gasteiger partial charge on any atom is 0.218 e. The number of pyridine rings is 1. The molecule has 1 aliphatic heterocycles. The van der Waals surface area contributed by atoms with Gasteiger partial charge >= 0.3 is 0 Å². The molecule has 1 fully saturated rings. The van der Waals surface area contributed by atoms with Crippen molar-refractivity contribution in [1.29, 1.82) is 5.26 Å². The number of likely N-dealkylation sites (tertiary alicyclic amines) is 1. The quantitative estimate of drug-likeness (QED) is 0.327. The second kappa shape index (κ2) is 9.65. The molecule has 184 valence electrons. The van der Waals surface area contributed by atoms with Gasteiger partial charge in [-0.3, -0.25) is 19.2 Å². The van der Waals surface area contributed by atoms with Gasteiger partial charge in [0.1, 0.15) is 5.65 Å². The van der Waals surface area contributed by atoms with Crippen molar-refractivity contribution in [3.05, 3.63) is 77.6 Å². The molecule has 1 amide bonds. The third kappa shape index (κ3) is 4.53. The van der Waals surface area contributed by atoms with Gasteiger partial charge in [-0.15, -0.1) is 11.3 Å². The predicted octanol–water partition coefficient (Wildman–Crippen LogP) is 4.83. The molecule has 3 N–H and O–H groups in total. The molecule has 5 heterocycles. The number of carbonyl (C=O) groups excluding carboxylic acids is 1. The van der Waals surface area contributed by atoms with Gasteiger partial charge in [-0.05, 0) is 55.8 Å². The summed E-state index contributed by atoms with van der Waals surface area (Å²) < 4.78 is 2.12. The number of hydrogen-bond acceptors (Lipinski definition) is 6. The first-order valence-corrected chi connectivity index (χ1v) is 13.0. The van der Waals surface area contributed by atoms with Crippen molar-refractivity contribution >= 4 is 22.9 Å². The minimum Gasteiger partial charge on any atom is -0.370 e. The Hall–Kier alpha value is -4.26. The van der Waals surface area contributed by atoms with Crippen LogP contribution >= 0.6 is 11.3 Å². The standard InChI is InChI=1S/C28H25N7OS/c29-13-18-3-5-19(6-4-18)28-23(14-32-33-28)20-7-10-27-31-15-24(35(27)16-20)25-9-8-22(37-25)17-34-11-1-2-21(34)12-26(30)36/h3-10,14-16,21H,1-2,11-12,17H2,(H2,30,36)(H,32,33). The zero-order valence-electron chi connectivity index (χ0n) is 20.1. The monoisotopic (exact) mass is 507 g/mol. The molecule has 6 rings (SSSR count). The first kappa shape index (κ1) is 23.2. The highest BCUT2D eigenvalue weighted by molar-refractivity contribution is 7.15. The van der Waals surface area contributed by atoms with E-state index < -0.39 is 0 Å². The summed E-state index contributed by atoms with van der Waals surface area (Å²) in [5, 5.41) is 16.5. The molecule has 37 heavy (non-hydrogen) atoms. The maximum atomic E-state index is 11.4. The molecule has 5 aromatic rings. The van der Waals surface area contributed by atoms with Crippen LogP contribution in [0, 0.1) is 11.3 Å². The first-order chi connectivity index (χ1) is 18.1. The molecule has 8 nitrogen and oxygen atoms in total. The highest BCUT2D eigenvalue weighted by Gasteiger charge is 2.26. The molecule has 0 saturated carbocycles. The van der Waals surface area contributed by atoms with Crippen molar-refractivity contribution in [3.63, 3.8) is 0 Å². The lowest BCUT2D eigenvalue weighted by Crippen LogP contribution is -2.32. The number of carbonyl (C=O) groups is 1. The number of aromatic amines is 1. The second-order valence-corrected chi connectivity index (χ2v) is 10.5. The van der Waals surface area contributed by atoms with Crippen LogP contribution in [-0.2, 0) is 11.3 Å². The lowest BCUT2D eigenvalue weighted by atomic mass is 10.0. The number of benzene rings is 1. The van der Waals surface area contributed by atoms with Gasteiger partial charge in [-0.25, -0.2) is 4.98 Å². The first-order valence-electron chi connectivity index (χ1n) is 12.2. The van der Waals surface area contributed by atoms with Gasteiger partial charge in [0.25, 0.3) is 0 Å². The number of aromatic nitrogens is 4. The van der Waals surface area contributed by atoms with E-state index in [2.05, 4.69) is 54.9 Å². The Labute approximate surface area is 218 Å². The van der Waals surface area contributed by atoms with Crippen molar-refractivity contribution in [2.45, 2.75) is 31.8 Å². The third-order valence-corrected chi connectivity index (χ3v) is 8.06. The largest absolute Gasteiger partial charge is 0.370 e. The summed E-state index contributed by atoms with van der Waals surface area (Å²) >= 11 is 1.76. The van der Waals surface area contributed by atoms with Crippen molar-refractivity contribution in [3.8, 4) is 39.0 Å². The molecule has 4 aromatic heterocycles. The minimum absolute atomic E-state index is 0.231. The van der Waals surface area contributed by atoms with Crippen LogP contribution in [0.25, 0.3) is 38.6 Å². The van der Waals surface area contributed by atoms with E-state index >= 15 is 0 Å². The lowest BCUT2D eigenvalue weighted by molar-refractivity contribution is -0.119. The molecule has 0 bridgehead atoms. The SMILES string of the molecule is N#Cc1ccc(-c2[nH]ncc2-c2ccc3ncc(-c4ccc(CN5CCCC5CC(N)=O)s4)n3c2)cc1. The van der Waals surface area contributed by atoms with Crippen molar-refractivity contribution in [1.82, 2.24) is 24.5 Å². The number of imidazole rings is 1. The molecule has 0 radical (unpaired) electrons. The second-order valence-electron chi connectivity index (χ2n) is 9.34. The Kier molecular flexibility index (Phi) is 6.04. The van der Waals surface area contributed by atoms with Crippen molar-refractivity contribution < 1.29 is 4.79 Å². The number of H-pyrrole nitrogens is 1. The number of hydrogen-bond donors (Lipinski definition) is 2. The third-order valence-electron chi connectivity index (χ3n) is 6.97. The minimum atomic E-state index is -0.231. The van der Waals surface area contributed by atoms with Gasteiger partial charge in [0.05, 0.1) is 40.3 Å². The van der Waals surface area contributed by atoms with E-state index in [1.807, 2.05) is 42.7 Å². The number of fused-ring (bicyclic) bond motifs is 1. The van der Waals surface area contributed by atoms with Crippen LogP contribution < -0.4 is 5.73 Å². The zero-order chi connectivity index (χ0) is 25.4. The van der Waals surface area contributed by atoms with Gasteiger partial charge in [-0.1, -0.05) is 12.1 Å². The molecule has 0 aliphatic carbocycles. The van der Waals surface area contributed by atoms with E-state index in [0.29, 0.717) is 12.0 Å². The fourth-order valence-electron chi connectivity index (χ4n) is 5.13. The van der Waals surface area contributed by atoms with Gasteiger partial charge in [0.15, 0.2) is 0 Å². The van der Waals surface area contributed by atoms with Crippen molar-refractivity contribution in [2.24, 2.45) is 5.73 Å². The highest BCUT2D eigenvalue weighted by atomic mass is 32.1. The van der Waals surface area contributed by atoms with E-state index in [1.165, 1.54) is 4.88 Å². The zero-order valence-corrected chi connectivity index (χ0v) is 20.9. The Morgan fingerprint density at radius 2 is 1.97 bits per heavy atom. The fourth-order valence-corrected chi connectivity index (χ4v) is 6.17. The topological polar surface area (TPSA) is 116 Å². The number of amides is 1. The Bertz CT molecular complexity index is 1620.